The molecule has 4 nitrogen and oxygen atoms in total. The van der Waals surface area contributed by atoms with Gasteiger partial charge in [0.1, 0.15) is 0 Å². The lowest BCUT2D eigenvalue weighted by Crippen LogP contribution is -2.20. The first-order chi connectivity index (χ1) is 8.65. The summed E-state index contributed by atoms with van der Waals surface area (Å²) in [6.07, 6.45) is 0. The SMILES string of the molecule is Nc1ccccc1NC(=O)Nc1cccc(Cl)c1. The fraction of sp³-hybridized carbons (Fsp3) is 0. The molecule has 2 aromatic carbocycles. The molecule has 5 heteroatoms. The Morgan fingerprint density at radius 3 is 2.56 bits per heavy atom. The van der Waals surface area contributed by atoms with Crippen molar-refractivity contribution in [2.24, 2.45) is 0 Å². The highest BCUT2D eigenvalue weighted by molar-refractivity contribution is 6.30. The Balaban J connectivity index is 2.03. The van der Waals surface area contributed by atoms with E-state index in [1.165, 1.54) is 0 Å². The summed E-state index contributed by atoms with van der Waals surface area (Å²) in [6, 6.07) is 13.6. The molecule has 0 spiro atoms. The van der Waals surface area contributed by atoms with Gasteiger partial charge in [-0.15, -0.1) is 0 Å². The number of hydrogen-bond donors (Lipinski definition) is 3. The van der Waals surface area contributed by atoms with Crippen molar-refractivity contribution >= 4 is 34.7 Å². The Kier molecular flexibility index (Phi) is 3.69. The highest BCUT2D eigenvalue weighted by atomic mass is 35.5. The number of nitrogens with two attached hydrogens (primary N) is 1. The third-order valence-electron chi connectivity index (χ3n) is 2.29. The van der Waals surface area contributed by atoms with Crippen molar-refractivity contribution in [1.29, 1.82) is 0 Å². The molecular weight excluding hydrogens is 250 g/mol. The van der Waals surface area contributed by atoms with Crippen LogP contribution in [0.4, 0.5) is 21.9 Å². The highest BCUT2D eigenvalue weighted by Crippen LogP contribution is 2.18. The van der Waals surface area contributed by atoms with Crippen molar-refractivity contribution in [3.63, 3.8) is 0 Å². The van der Waals surface area contributed by atoms with Crippen LogP contribution < -0.4 is 16.4 Å². The minimum Gasteiger partial charge on any atom is -0.397 e. The molecule has 0 atom stereocenters. The van der Waals surface area contributed by atoms with Crippen molar-refractivity contribution in [1.82, 2.24) is 0 Å². The molecule has 2 amide bonds. The summed E-state index contributed by atoms with van der Waals surface area (Å²) < 4.78 is 0. The zero-order valence-corrected chi connectivity index (χ0v) is 10.2. The Morgan fingerprint density at radius 1 is 1.06 bits per heavy atom. The van der Waals surface area contributed by atoms with Gasteiger partial charge in [0.25, 0.3) is 0 Å². The van der Waals surface area contributed by atoms with Crippen molar-refractivity contribution in [3.05, 3.63) is 53.6 Å². The normalized spacial score (nSPS) is 9.83. The van der Waals surface area contributed by atoms with Gasteiger partial charge in [-0.2, -0.15) is 0 Å². The maximum absolute atomic E-state index is 11.7. The molecule has 2 aromatic rings. The molecule has 0 aromatic heterocycles. The van der Waals surface area contributed by atoms with Gasteiger partial charge in [0, 0.05) is 10.7 Å². The Hall–Kier alpha value is -2.20. The smallest absolute Gasteiger partial charge is 0.323 e. The standard InChI is InChI=1S/C13H12ClN3O/c14-9-4-3-5-10(8-9)16-13(18)17-12-7-2-1-6-11(12)15/h1-8H,15H2,(H2,16,17,18). The molecule has 0 aliphatic carbocycles. The third kappa shape index (κ3) is 3.15. The predicted molar refractivity (Wildman–Crippen MR) is 74.9 cm³/mol. The second kappa shape index (κ2) is 5.42. The van der Waals surface area contributed by atoms with E-state index < -0.39 is 0 Å². The fourth-order valence-corrected chi connectivity index (χ4v) is 1.65. The van der Waals surface area contributed by atoms with Gasteiger partial charge in [-0.1, -0.05) is 29.8 Å². The molecule has 0 heterocycles. The van der Waals surface area contributed by atoms with Crippen LogP contribution in [0.1, 0.15) is 0 Å². The monoisotopic (exact) mass is 261 g/mol. The van der Waals surface area contributed by atoms with Crippen LogP contribution in [-0.4, -0.2) is 6.03 Å². The molecular formula is C13H12ClN3O. The number of nitrogen functional groups attached to an aromatic ring is 1. The van der Waals surface area contributed by atoms with Gasteiger partial charge in [-0.05, 0) is 30.3 Å². The number of hydrogen-bond acceptors (Lipinski definition) is 2. The molecule has 0 bridgehead atoms. The van der Waals surface area contributed by atoms with E-state index in [0.29, 0.717) is 22.1 Å². The molecule has 4 N–H and O–H groups in total. The maximum Gasteiger partial charge on any atom is 0.323 e. The molecule has 0 radical (unpaired) electrons. The van der Waals surface area contributed by atoms with E-state index in [2.05, 4.69) is 10.6 Å². The van der Waals surface area contributed by atoms with Gasteiger partial charge in [0.15, 0.2) is 0 Å². The molecule has 0 saturated heterocycles. The minimum atomic E-state index is -0.366. The largest absolute Gasteiger partial charge is 0.397 e. The molecule has 0 saturated carbocycles. The van der Waals surface area contributed by atoms with Crippen molar-refractivity contribution in [2.75, 3.05) is 16.4 Å². The topological polar surface area (TPSA) is 67.1 Å². The van der Waals surface area contributed by atoms with Gasteiger partial charge in [0.2, 0.25) is 0 Å². The van der Waals surface area contributed by atoms with Gasteiger partial charge >= 0.3 is 6.03 Å². The van der Waals surface area contributed by atoms with E-state index in [9.17, 15) is 4.79 Å². The summed E-state index contributed by atoms with van der Waals surface area (Å²) in [4.78, 5) is 11.7. The van der Waals surface area contributed by atoms with E-state index in [4.69, 9.17) is 17.3 Å². The number of anilines is 3. The van der Waals surface area contributed by atoms with Crippen LogP contribution >= 0.6 is 11.6 Å². The van der Waals surface area contributed by atoms with Crippen LogP contribution in [0.15, 0.2) is 48.5 Å². The van der Waals surface area contributed by atoms with Crippen molar-refractivity contribution < 1.29 is 4.79 Å². The number of rotatable bonds is 2. The van der Waals surface area contributed by atoms with E-state index in [1.807, 2.05) is 0 Å². The lowest BCUT2D eigenvalue weighted by Gasteiger charge is -2.09. The number of carbonyl (C=O) groups is 1. The van der Waals surface area contributed by atoms with Crippen LogP contribution in [0.3, 0.4) is 0 Å². The van der Waals surface area contributed by atoms with Gasteiger partial charge in [0.05, 0.1) is 11.4 Å². The van der Waals surface area contributed by atoms with Crippen LogP contribution in [0.25, 0.3) is 0 Å². The first-order valence-electron chi connectivity index (χ1n) is 5.33. The number of para-hydroxylation sites is 2. The Bertz CT molecular complexity index is 572. The van der Waals surface area contributed by atoms with Crippen molar-refractivity contribution in [2.45, 2.75) is 0 Å². The fourth-order valence-electron chi connectivity index (χ4n) is 1.46. The van der Waals surface area contributed by atoms with E-state index in [1.54, 1.807) is 48.5 Å². The Labute approximate surface area is 110 Å². The average molecular weight is 262 g/mol. The summed E-state index contributed by atoms with van der Waals surface area (Å²) in [5, 5.41) is 5.89. The van der Waals surface area contributed by atoms with E-state index >= 15 is 0 Å². The lowest BCUT2D eigenvalue weighted by atomic mass is 10.3. The average Bonchev–Trinajstić information content (AvgIpc) is 2.32. The van der Waals surface area contributed by atoms with Gasteiger partial charge in [-0.3, -0.25) is 0 Å². The molecule has 0 aliphatic heterocycles. The summed E-state index contributed by atoms with van der Waals surface area (Å²) in [6.45, 7) is 0. The third-order valence-corrected chi connectivity index (χ3v) is 2.53. The van der Waals surface area contributed by atoms with Crippen LogP contribution in [0, 0.1) is 0 Å². The Morgan fingerprint density at radius 2 is 1.83 bits per heavy atom. The summed E-state index contributed by atoms with van der Waals surface area (Å²) in [7, 11) is 0. The molecule has 0 unspecified atom stereocenters. The second-order valence-electron chi connectivity index (χ2n) is 3.68. The second-order valence-corrected chi connectivity index (χ2v) is 4.11. The molecule has 0 fully saturated rings. The number of halogens is 1. The number of urea groups is 1. The predicted octanol–water partition coefficient (Wildman–Crippen LogP) is 3.57. The highest BCUT2D eigenvalue weighted by Gasteiger charge is 2.04. The van der Waals surface area contributed by atoms with E-state index in [-0.39, 0.29) is 6.03 Å². The molecule has 18 heavy (non-hydrogen) atoms. The first-order valence-corrected chi connectivity index (χ1v) is 5.71. The number of nitrogens with one attached hydrogen (secondary N) is 2. The lowest BCUT2D eigenvalue weighted by molar-refractivity contribution is 0.262. The van der Waals surface area contributed by atoms with Gasteiger partial charge in [-0.25, -0.2) is 4.79 Å². The first kappa shape index (κ1) is 12.3. The zero-order valence-electron chi connectivity index (χ0n) is 9.48. The summed E-state index contributed by atoms with van der Waals surface area (Å²) in [5.74, 6) is 0. The zero-order chi connectivity index (χ0) is 13.0. The van der Waals surface area contributed by atoms with Gasteiger partial charge < -0.3 is 16.4 Å². The number of benzene rings is 2. The van der Waals surface area contributed by atoms with E-state index in [0.717, 1.165) is 0 Å². The minimum absolute atomic E-state index is 0.366. The summed E-state index contributed by atoms with van der Waals surface area (Å²) >= 11 is 5.82. The van der Waals surface area contributed by atoms with Crippen LogP contribution in [-0.2, 0) is 0 Å². The maximum atomic E-state index is 11.7. The number of amides is 2. The van der Waals surface area contributed by atoms with Crippen LogP contribution in [0.5, 0.6) is 0 Å². The summed E-state index contributed by atoms with van der Waals surface area (Å²) in [5.41, 5.74) is 7.42. The molecule has 2 rings (SSSR count). The molecule has 92 valence electrons. The van der Waals surface area contributed by atoms with Crippen LogP contribution in [0.2, 0.25) is 5.02 Å². The number of carbonyl (C=O) groups excluding carboxylic acids is 1. The van der Waals surface area contributed by atoms with Crippen molar-refractivity contribution in [3.8, 4) is 0 Å². The quantitative estimate of drug-likeness (QED) is 0.724. The molecule has 0 aliphatic rings.